The Bertz CT molecular complexity index is 1690. The van der Waals surface area contributed by atoms with Crippen molar-refractivity contribution in [2.75, 3.05) is 0 Å². The van der Waals surface area contributed by atoms with Gasteiger partial charge >= 0.3 is 0 Å². The highest BCUT2D eigenvalue weighted by molar-refractivity contribution is 5.83. The first-order valence-electron chi connectivity index (χ1n) is 10.8. The minimum Gasteiger partial charge on any atom is -0.250 e. The molecule has 6 heteroatoms. The summed E-state index contributed by atoms with van der Waals surface area (Å²) in [6.45, 7) is 2.02. The Morgan fingerprint density at radius 3 is 1.88 bits per heavy atom. The minimum absolute atomic E-state index is 0.00255. The molecule has 0 unspecified atom stereocenters. The van der Waals surface area contributed by atoms with Crippen LogP contribution < -0.4 is 10.7 Å². The van der Waals surface area contributed by atoms with Crippen LogP contribution in [0, 0.1) is 52.2 Å². The lowest BCUT2D eigenvalue weighted by Crippen LogP contribution is -2.25. The summed E-state index contributed by atoms with van der Waals surface area (Å²) in [6, 6.07) is 15.9. The van der Waals surface area contributed by atoms with Crippen molar-refractivity contribution in [3.8, 4) is 35.4 Å². The highest BCUT2D eigenvalue weighted by atomic mass is 14.8. The van der Waals surface area contributed by atoms with Crippen molar-refractivity contribution in [1.82, 2.24) is 0 Å². The predicted octanol–water partition coefficient (Wildman–Crippen LogP) is 3.96. The van der Waals surface area contributed by atoms with Crippen molar-refractivity contribution in [1.29, 1.82) is 21.0 Å². The maximum Gasteiger partial charge on any atom is 0.151 e. The van der Waals surface area contributed by atoms with Gasteiger partial charge in [0.1, 0.15) is 24.3 Å². The predicted molar refractivity (Wildman–Crippen MR) is 125 cm³/mol. The van der Waals surface area contributed by atoms with Crippen LogP contribution in [-0.2, 0) is 12.8 Å². The molecule has 0 spiro atoms. The molecule has 0 atom stereocenters. The summed E-state index contributed by atoms with van der Waals surface area (Å²) < 4.78 is 0. The van der Waals surface area contributed by atoms with Crippen LogP contribution in [0.2, 0.25) is 0 Å². The van der Waals surface area contributed by atoms with Crippen molar-refractivity contribution in [3.63, 3.8) is 0 Å². The lowest BCUT2D eigenvalue weighted by atomic mass is 9.86. The number of rotatable bonds is 2. The third-order valence-electron chi connectivity index (χ3n) is 6.33. The molecule has 0 radical (unpaired) electrons. The highest BCUT2D eigenvalue weighted by Gasteiger charge is 2.30. The van der Waals surface area contributed by atoms with Gasteiger partial charge in [-0.15, -0.1) is 0 Å². The van der Waals surface area contributed by atoms with Crippen molar-refractivity contribution in [3.05, 3.63) is 98.0 Å². The first-order valence-corrected chi connectivity index (χ1v) is 10.8. The fourth-order valence-corrected chi connectivity index (χ4v) is 4.79. The first kappa shape index (κ1) is 20.8. The zero-order valence-electron chi connectivity index (χ0n) is 18.3. The maximum absolute atomic E-state index is 9.49. The summed E-state index contributed by atoms with van der Waals surface area (Å²) in [7, 11) is 0. The topological polar surface area (TPSA) is 120 Å². The van der Waals surface area contributed by atoms with Gasteiger partial charge in [-0.2, -0.15) is 21.0 Å². The molecule has 34 heavy (non-hydrogen) atoms. The van der Waals surface area contributed by atoms with Gasteiger partial charge in [0, 0.05) is 24.0 Å². The molecule has 0 bridgehead atoms. The number of nitrogens with zero attached hydrogens (tertiary/aromatic N) is 6. The van der Waals surface area contributed by atoms with Gasteiger partial charge in [-0.25, -0.2) is 9.98 Å². The van der Waals surface area contributed by atoms with E-state index in [-0.39, 0.29) is 11.1 Å². The zero-order chi connectivity index (χ0) is 23.8. The molecule has 0 fully saturated rings. The summed E-state index contributed by atoms with van der Waals surface area (Å²) in [4.78, 5) is 9.64. The number of benzene rings is 2. The Hall–Kier alpha value is -5.04. The number of hydrogen-bond donors (Lipinski definition) is 0. The van der Waals surface area contributed by atoms with Gasteiger partial charge in [0.05, 0.1) is 22.1 Å². The second-order valence-corrected chi connectivity index (χ2v) is 8.18. The van der Waals surface area contributed by atoms with Crippen LogP contribution in [0.5, 0.6) is 0 Å². The van der Waals surface area contributed by atoms with E-state index in [2.05, 4.69) is 12.2 Å². The molecule has 6 nitrogen and oxygen atoms in total. The molecular weight excluding hydrogens is 420 g/mol. The van der Waals surface area contributed by atoms with Gasteiger partial charge in [0.15, 0.2) is 11.1 Å². The molecule has 0 amide bonds. The Morgan fingerprint density at radius 1 is 0.794 bits per heavy atom. The first-order chi connectivity index (χ1) is 16.6. The van der Waals surface area contributed by atoms with Gasteiger partial charge in [0.2, 0.25) is 0 Å². The molecule has 3 aliphatic rings. The van der Waals surface area contributed by atoms with E-state index in [4.69, 9.17) is 9.98 Å². The maximum atomic E-state index is 9.49. The van der Waals surface area contributed by atoms with Crippen LogP contribution >= 0.6 is 0 Å². The average molecular weight is 436 g/mol. The number of aryl methyl sites for hydroxylation is 1. The second kappa shape index (κ2) is 8.14. The highest BCUT2D eigenvalue weighted by Crippen LogP contribution is 2.34. The largest absolute Gasteiger partial charge is 0.250 e. The molecule has 0 saturated heterocycles. The summed E-state index contributed by atoms with van der Waals surface area (Å²) in [5.41, 5.74) is 7.53. The van der Waals surface area contributed by atoms with Crippen molar-refractivity contribution < 1.29 is 0 Å². The van der Waals surface area contributed by atoms with E-state index in [0.717, 1.165) is 56.1 Å². The van der Waals surface area contributed by atoms with E-state index in [0.29, 0.717) is 24.2 Å². The zero-order valence-corrected chi connectivity index (χ0v) is 18.3. The Balaban J connectivity index is 1.98. The molecule has 2 aromatic rings. The van der Waals surface area contributed by atoms with Gasteiger partial charge in [-0.05, 0) is 41.2 Å². The Labute approximate surface area is 196 Å². The third-order valence-corrected chi connectivity index (χ3v) is 6.33. The van der Waals surface area contributed by atoms with Crippen molar-refractivity contribution in [2.45, 2.75) is 26.2 Å². The van der Waals surface area contributed by atoms with E-state index < -0.39 is 0 Å². The molecule has 2 aromatic carbocycles. The number of allylic oxidation sites excluding steroid dienone is 8. The molecule has 2 heterocycles. The SMILES string of the molecule is Cc1ccccc1-c1c2c(c(C3=CCC=C3)c3c1=NC(=C(C#N)C#N)C3)=NC(=C(C#N)C#N)C2. The van der Waals surface area contributed by atoms with Gasteiger partial charge in [-0.3, -0.25) is 0 Å². The van der Waals surface area contributed by atoms with Gasteiger partial charge < -0.3 is 0 Å². The van der Waals surface area contributed by atoms with E-state index in [1.807, 2.05) is 61.5 Å². The van der Waals surface area contributed by atoms with Gasteiger partial charge in [-0.1, -0.05) is 42.5 Å². The van der Waals surface area contributed by atoms with Crippen LogP contribution in [0.15, 0.2) is 75.0 Å². The van der Waals surface area contributed by atoms with Gasteiger partial charge in [0.25, 0.3) is 0 Å². The number of fused-ring (bicyclic) bond motifs is 2. The van der Waals surface area contributed by atoms with Crippen LogP contribution in [0.25, 0.3) is 16.7 Å². The molecule has 1 aliphatic carbocycles. The molecule has 0 saturated carbocycles. The van der Waals surface area contributed by atoms with Crippen molar-refractivity contribution >= 4 is 5.57 Å². The van der Waals surface area contributed by atoms with Crippen LogP contribution in [-0.4, -0.2) is 0 Å². The molecule has 5 rings (SSSR count). The Morgan fingerprint density at radius 2 is 1.35 bits per heavy atom. The molecule has 2 aliphatic heterocycles. The lowest BCUT2D eigenvalue weighted by Gasteiger charge is -2.15. The summed E-state index contributed by atoms with van der Waals surface area (Å²) in [5, 5.41) is 39.4. The van der Waals surface area contributed by atoms with Crippen molar-refractivity contribution in [2.24, 2.45) is 9.98 Å². The molecule has 0 aromatic heterocycles. The molecule has 0 N–H and O–H groups in total. The monoisotopic (exact) mass is 436 g/mol. The third kappa shape index (κ3) is 3.07. The number of nitriles is 4. The molecular formula is C28H16N6. The summed E-state index contributed by atoms with van der Waals surface area (Å²) in [6.07, 6.45) is 7.68. The second-order valence-electron chi connectivity index (χ2n) is 8.18. The fourth-order valence-electron chi connectivity index (χ4n) is 4.79. The van der Waals surface area contributed by atoms with Crippen LogP contribution in [0.4, 0.5) is 0 Å². The summed E-state index contributed by atoms with van der Waals surface area (Å²) in [5.74, 6) is 0. The molecule has 158 valence electrons. The van der Waals surface area contributed by atoms with E-state index in [1.54, 1.807) is 0 Å². The quantitative estimate of drug-likeness (QED) is 0.662. The summed E-state index contributed by atoms with van der Waals surface area (Å²) >= 11 is 0. The normalized spacial score (nSPS) is 14.6. The number of hydrogen-bond acceptors (Lipinski definition) is 6. The van der Waals surface area contributed by atoms with E-state index in [9.17, 15) is 21.0 Å². The smallest absolute Gasteiger partial charge is 0.151 e. The fraction of sp³-hybridized carbons (Fsp3) is 0.143. The van der Waals surface area contributed by atoms with E-state index >= 15 is 0 Å². The van der Waals surface area contributed by atoms with Crippen LogP contribution in [0.3, 0.4) is 0 Å². The van der Waals surface area contributed by atoms with E-state index in [1.165, 1.54) is 0 Å². The van der Waals surface area contributed by atoms with Crippen LogP contribution in [0.1, 0.15) is 28.7 Å². The minimum atomic E-state index is 0.00255. The lowest BCUT2D eigenvalue weighted by molar-refractivity contribution is 1.14. The Kier molecular flexibility index (Phi) is 4.99. The standard InChI is InChI=1S/C28H16N6/c1-16-6-2-5-9-20(16)26-22-11-24(19(14-31)15-32)33-27(22)25(17-7-3-4-8-17)21-10-23(34-28(21)26)18(12-29)13-30/h2-3,5-9H,4,10-11H2,1H3. The average Bonchev–Trinajstić information content (AvgIpc) is 3.60.